The molecule has 0 unspecified atom stereocenters. The minimum Gasteiger partial charge on any atom is -0.465 e. The van der Waals surface area contributed by atoms with Gasteiger partial charge >= 0.3 is 5.97 Å². The van der Waals surface area contributed by atoms with Crippen LogP contribution in [0.1, 0.15) is 20.3 Å². The Balaban J connectivity index is 2.75. The van der Waals surface area contributed by atoms with Crippen LogP contribution in [0, 0.1) is 0 Å². The standard InChI is InChI=1S/C14H22N2O4S/c1-4-10-15-21(18,19)13-8-6-12(7-9-13)16(3)11-14(17)20-5-2/h6-9,15H,4-5,10-11H2,1-3H3. The van der Waals surface area contributed by atoms with E-state index in [0.717, 1.165) is 12.1 Å². The van der Waals surface area contributed by atoms with E-state index in [4.69, 9.17) is 4.74 Å². The molecule has 0 aliphatic heterocycles. The fourth-order valence-electron chi connectivity index (χ4n) is 1.69. The Morgan fingerprint density at radius 1 is 1.24 bits per heavy atom. The molecule has 1 aromatic rings. The summed E-state index contributed by atoms with van der Waals surface area (Å²) in [6.45, 7) is 4.52. The van der Waals surface area contributed by atoms with Gasteiger partial charge in [-0.05, 0) is 37.6 Å². The first-order chi connectivity index (χ1) is 9.90. The molecule has 118 valence electrons. The van der Waals surface area contributed by atoms with Crippen LogP contribution in [-0.2, 0) is 19.6 Å². The molecular weight excluding hydrogens is 292 g/mol. The van der Waals surface area contributed by atoms with E-state index in [2.05, 4.69) is 4.72 Å². The molecule has 0 aliphatic carbocycles. The van der Waals surface area contributed by atoms with E-state index in [9.17, 15) is 13.2 Å². The van der Waals surface area contributed by atoms with Crippen molar-refractivity contribution in [3.63, 3.8) is 0 Å². The van der Waals surface area contributed by atoms with E-state index < -0.39 is 10.0 Å². The number of nitrogens with zero attached hydrogens (tertiary/aromatic N) is 1. The molecule has 6 nitrogen and oxygen atoms in total. The maximum Gasteiger partial charge on any atom is 0.325 e. The summed E-state index contributed by atoms with van der Waals surface area (Å²) in [5.41, 5.74) is 0.748. The van der Waals surface area contributed by atoms with Crippen LogP contribution in [0.3, 0.4) is 0 Å². The minimum absolute atomic E-state index is 0.119. The Morgan fingerprint density at radius 3 is 2.38 bits per heavy atom. The maximum atomic E-state index is 11.9. The van der Waals surface area contributed by atoms with Gasteiger partial charge in [-0.1, -0.05) is 6.92 Å². The zero-order valence-electron chi connectivity index (χ0n) is 12.6. The number of rotatable bonds is 8. The molecule has 0 saturated heterocycles. The first kappa shape index (κ1) is 17.5. The van der Waals surface area contributed by atoms with Gasteiger partial charge in [0.05, 0.1) is 11.5 Å². The fourth-order valence-corrected chi connectivity index (χ4v) is 2.83. The molecule has 21 heavy (non-hydrogen) atoms. The van der Waals surface area contributed by atoms with Crippen LogP contribution < -0.4 is 9.62 Å². The molecule has 7 heteroatoms. The average Bonchev–Trinajstić information content (AvgIpc) is 2.45. The number of benzene rings is 1. The van der Waals surface area contributed by atoms with Gasteiger partial charge in [0, 0.05) is 19.3 Å². The number of hydrogen-bond donors (Lipinski definition) is 1. The summed E-state index contributed by atoms with van der Waals surface area (Å²) in [4.78, 5) is 13.3. The summed E-state index contributed by atoms with van der Waals surface area (Å²) in [6.07, 6.45) is 0.736. The minimum atomic E-state index is -3.46. The molecule has 0 fully saturated rings. The van der Waals surface area contributed by atoms with Crippen molar-refractivity contribution in [2.24, 2.45) is 0 Å². The SMILES string of the molecule is CCCNS(=O)(=O)c1ccc(N(C)CC(=O)OCC)cc1. The maximum absolute atomic E-state index is 11.9. The van der Waals surface area contributed by atoms with Crippen LogP contribution in [0.25, 0.3) is 0 Å². The highest BCUT2D eigenvalue weighted by atomic mass is 32.2. The van der Waals surface area contributed by atoms with Gasteiger partial charge in [-0.25, -0.2) is 13.1 Å². The van der Waals surface area contributed by atoms with Gasteiger partial charge in [0.1, 0.15) is 6.54 Å². The van der Waals surface area contributed by atoms with Crippen molar-refractivity contribution >= 4 is 21.7 Å². The molecular formula is C14H22N2O4S. The number of ether oxygens (including phenoxy) is 1. The van der Waals surface area contributed by atoms with Gasteiger partial charge in [0.2, 0.25) is 10.0 Å². The van der Waals surface area contributed by atoms with Crippen molar-refractivity contribution in [3.8, 4) is 0 Å². The average molecular weight is 314 g/mol. The van der Waals surface area contributed by atoms with Crippen LogP contribution in [0.5, 0.6) is 0 Å². The Bertz CT molecular complexity index is 555. The Labute approximate surface area is 126 Å². The summed E-state index contributed by atoms with van der Waals surface area (Å²) in [6, 6.07) is 6.38. The van der Waals surface area contributed by atoms with Gasteiger partial charge in [-0.2, -0.15) is 0 Å². The summed E-state index contributed by atoms with van der Waals surface area (Å²) in [7, 11) is -1.71. The predicted octanol–water partition coefficient (Wildman–Crippen LogP) is 1.37. The number of carbonyl (C=O) groups is 1. The molecule has 0 atom stereocenters. The molecule has 1 rings (SSSR count). The smallest absolute Gasteiger partial charge is 0.325 e. The molecule has 0 bridgehead atoms. The van der Waals surface area contributed by atoms with Crippen LogP contribution in [0.4, 0.5) is 5.69 Å². The third kappa shape index (κ3) is 5.35. The topological polar surface area (TPSA) is 75.7 Å². The van der Waals surface area contributed by atoms with Crippen molar-refractivity contribution in [2.75, 3.05) is 31.6 Å². The van der Waals surface area contributed by atoms with E-state index >= 15 is 0 Å². The molecule has 0 radical (unpaired) electrons. The fraction of sp³-hybridized carbons (Fsp3) is 0.500. The Kier molecular flexibility index (Phi) is 6.64. The van der Waals surface area contributed by atoms with Crippen molar-refractivity contribution in [1.82, 2.24) is 4.72 Å². The first-order valence-corrected chi connectivity index (χ1v) is 8.35. The number of hydrogen-bond acceptors (Lipinski definition) is 5. The van der Waals surface area contributed by atoms with E-state index in [1.54, 1.807) is 31.0 Å². The van der Waals surface area contributed by atoms with Gasteiger partial charge in [0.15, 0.2) is 0 Å². The number of carbonyl (C=O) groups excluding carboxylic acids is 1. The zero-order chi connectivity index (χ0) is 15.9. The van der Waals surface area contributed by atoms with Crippen LogP contribution in [0.2, 0.25) is 0 Å². The molecule has 0 aliphatic rings. The molecule has 1 aromatic carbocycles. The summed E-state index contributed by atoms with van der Waals surface area (Å²) in [5.74, 6) is -0.318. The van der Waals surface area contributed by atoms with E-state index in [0.29, 0.717) is 13.2 Å². The summed E-state index contributed by atoms with van der Waals surface area (Å²) >= 11 is 0. The van der Waals surface area contributed by atoms with Gasteiger partial charge in [-0.15, -0.1) is 0 Å². The van der Waals surface area contributed by atoms with E-state index in [1.165, 1.54) is 12.1 Å². The summed E-state index contributed by atoms with van der Waals surface area (Å²) in [5, 5.41) is 0. The number of nitrogens with one attached hydrogen (secondary N) is 1. The third-order valence-electron chi connectivity index (χ3n) is 2.80. The lowest BCUT2D eigenvalue weighted by atomic mass is 10.3. The number of sulfonamides is 1. The lowest BCUT2D eigenvalue weighted by Crippen LogP contribution is -2.27. The van der Waals surface area contributed by atoms with Gasteiger partial charge < -0.3 is 9.64 Å². The second kappa shape index (κ2) is 7.99. The second-order valence-corrected chi connectivity index (χ2v) is 6.32. The highest BCUT2D eigenvalue weighted by molar-refractivity contribution is 7.89. The van der Waals surface area contributed by atoms with Crippen LogP contribution in [0.15, 0.2) is 29.2 Å². The van der Waals surface area contributed by atoms with Gasteiger partial charge in [-0.3, -0.25) is 4.79 Å². The van der Waals surface area contributed by atoms with Crippen molar-refractivity contribution in [2.45, 2.75) is 25.2 Å². The summed E-state index contributed by atoms with van der Waals surface area (Å²) < 4.78 is 31.2. The molecule has 0 heterocycles. The van der Waals surface area contributed by atoms with Crippen molar-refractivity contribution in [1.29, 1.82) is 0 Å². The highest BCUT2D eigenvalue weighted by Crippen LogP contribution is 2.16. The molecule has 0 amide bonds. The zero-order valence-corrected chi connectivity index (χ0v) is 13.4. The molecule has 0 aromatic heterocycles. The number of esters is 1. The van der Waals surface area contributed by atoms with Crippen LogP contribution >= 0.6 is 0 Å². The van der Waals surface area contributed by atoms with Crippen molar-refractivity contribution < 1.29 is 17.9 Å². The van der Waals surface area contributed by atoms with Crippen LogP contribution in [-0.4, -0.2) is 41.1 Å². The number of anilines is 1. The van der Waals surface area contributed by atoms with Gasteiger partial charge in [0.25, 0.3) is 0 Å². The Morgan fingerprint density at radius 2 is 1.86 bits per heavy atom. The number of likely N-dealkylation sites (N-methyl/N-ethyl adjacent to an activating group) is 1. The van der Waals surface area contributed by atoms with Crippen molar-refractivity contribution in [3.05, 3.63) is 24.3 Å². The third-order valence-corrected chi connectivity index (χ3v) is 4.28. The molecule has 0 saturated carbocycles. The van der Waals surface area contributed by atoms with E-state index in [-0.39, 0.29) is 17.4 Å². The monoisotopic (exact) mass is 314 g/mol. The predicted molar refractivity (Wildman–Crippen MR) is 81.8 cm³/mol. The quantitative estimate of drug-likeness (QED) is 0.734. The highest BCUT2D eigenvalue weighted by Gasteiger charge is 2.14. The Hall–Kier alpha value is -1.60. The second-order valence-electron chi connectivity index (χ2n) is 4.55. The molecule has 0 spiro atoms. The lowest BCUT2D eigenvalue weighted by molar-refractivity contribution is -0.141. The molecule has 1 N–H and O–H groups in total. The van der Waals surface area contributed by atoms with E-state index in [1.807, 2.05) is 6.92 Å². The normalized spacial score (nSPS) is 11.2. The lowest BCUT2D eigenvalue weighted by Gasteiger charge is -2.18. The first-order valence-electron chi connectivity index (χ1n) is 6.87. The largest absolute Gasteiger partial charge is 0.465 e.